The van der Waals surface area contributed by atoms with Crippen LogP contribution in [0.1, 0.15) is 33.5 Å². The SMILES string of the molecule is COc1cc(C)ccc1OCc1nc(C(=O)N(C)Cc2ccc(C)o2)co1. The van der Waals surface area contributed by atoms with Crippen LogP contribution in [0, 0.1) is 13.8 Å². The van der Waals surface area contributed by atoms with E-state index in [0.717, 1.165) is 11.3 Å². The van der Waals surface area contributed by atoms with Crippen molar-refractivity contribution in [3.05, 3.63) is 65.3 Å². The number of furan rings is 1. The van der Waals surface area contributed by atoms with Crippen LogP contribution < -0.4 is 9.47 Å². The number of benzene rings is 1. The number of hydrogen-bond donors (Lipinski definition) is 0. The second-order valence-corrected chi connectivity index (χ2v) is 6.24. The lowest BCUT2D eigenvalue weighted by Crippen LogP contribution is -2.26. The minimum Gasteiger partial charge on any atom is -0.493 e. The highest BCUT2D eigenvalue weighted by atomic mass is 16.5. The predicted molar refractivity (Wildman–Crippen MR) is 97.8 cm³/mol. The summed E-state index contributed by atoms with van der Waals surface area (Å²) in [6, 6.07) is 9.33. The van der Waals surface area contributed by atoms with Gasteiger partial charge < -0.3 is 23.2 Å². The van der Waals surface area contributed by atoms with E-state index < -0.39 is 0 Å². The molecule has 0 saturated heterocycles. The predicted octanol–water partition coefficient (Wildman–Crippen LogP) is 3.74. The van der Waals surface area contributed by atoms with E-state index in [4.69, 9.17) is 18.3 Å². The molecule has 1 aromatic carbocycles. The topological polar surface area (TPSA) is 77.9 Å². The van der Waals surface area contributed by atoms with Crippen molar-refractivity contribution in [2.24, 2.45) is 0 Å². The van der Waals surface area contributed by atoms with Gasteiger partial charge in [0.25, 0.3) is 5.91 Å². The molecule has 3 rings (SSSR count). The number of rotatable bonds is 7. The third kappa shape index (κ3) is 4.49. The highest BCUT2D eigenvalue weighted by Crippen LogP contribution is 2.28. The summed E-state index contributed by atoms with van der Waals surface area (Å²) in [6.45, 7) is 4.27. The molecule has 3 aromatic rings. The minimum atomic E-state index is -0.257. The van der Waals surface area contributed by atoms with Crippen LogP contribution in [0.3, 0.4) is 0 Å². The van der Waals surface area contributed by atoms with Crippen LogP contribution in [-0.4, -0.2) is 29.9 Å². The van der Waals surface area contributed by atoms with Gasteiger partial charge in [-0.05, 0) is 43.7 Å². The van der Waals surface area contributed by atoms with Gasteiger partial charge in [0.15, 0.2) is 23.8 Å². The van der Waals surface area contributed by atoms with Crippen molar-refractivity contribution in [2.45, 2.75) is 27.0 Å². The summed E-state index contributed by atoms with van der Waals surface area (Å²) < 4.78 is 21.9. The number of hydrogen-bond acceptors (Lipinski definition) is 6. The average molecular weight is 370 g/mol. The van der Waals surface area contributed by atoms with Crippen LogP contribution in [0.4, 0.5) is 0 Å². The molecular weight excluding hydrogens is 348 g/mol. The van der Waals surface area contributed by atoms with Crippen molar-refractivity contribution >= 4 is 5.91 Å². The number of methoxy groups -OCH3 is 1. The van der Waals surface area contributed by atoms with Gasteiger partial charge in [0.2, 0.25) is 5.89 Å². The monoisotopic (exact) mass is 370 g/mol. The zero-order valence-electron chi connectivity index (χ0n) is 15.8. The largest absolute Gasteiger partial charge is 0.493 e. The van der Waals surface area contributed by atoms with E-state index in [9.17, 15) is 4.79 Å². The molecule has 2 heterocycles. The van der Waals surface area contributed by atoms with E-state index in [0.29, 0.717) is 29.7 Å². The molecule has 0 fully saturated rings. The summed E-state index contributed by atoms with van der Waals surface area (Å²) >= 11 is 0. The van der Waals surface area contributed by atoms with Gasteiger partial charge in [0, 0.05) is 7.05 Å². The molecule has 0 spiro atoms. The van der Waals surface area contributed by atoms with Crippen molar-refractivity contribution in [2.75, 3.05) is 14.2 Å². The van der Waals surface area contributed by atoms with Gasteiger partial charge in [-0.1, -0.05) is 6.07 Å². The van der Waals surface area contributed by atoms with E-state index in [1.807, 2.05) is 44.2 Å². The van der Waals surface area contributed by atoms with Crippen LogP contribution >= 0.6 is 0 Å². The van der Waals surface area contributed by atoms with Crippen LogP contribution in [0.25, 0.3) is 0 Å². The number of carbonyl (C=O) groups is 1. The molecule has 2 aromatic heterocycles. The van der Waals surface area contributed by atoms with E-state index >= 15 is 0 Å². The van der Waals surface area contributed by atoms with Crippen LogP contribution in [0.15, 0.2) is 45.4 Å². The second-order valence-electron chi connectivity index (χ2n) is 6.24. The molecule has 0 aliphatic heterocycles. The van der Waals surface area contributed by atoms with Gasteiger partial charge in [0.05, 0.1) is 13.7 Å². The molecule has 7 heteroatoms. The fourth-order valence-electron chi connectivity index (χ4n) is 2.58. The Morgan fingerprint density at radius 2 is 2.00 bits per heavy atom. The first kappa shape index (κ1) is 18.6. The molecule has 1 amide bonds. The lowest BCUT2D eigenvalue weighted by Gasteiger charge is -2.13. The second kappa shape index (κ2) is 7.99. The first-order chi connectivity index (χ1) is 13.0. The summed E-state index contributed by atoms with van der Waals surface area (Å²) in [5.74, 6) is 2.78. The Balaban J connectivity index is 1.61. The fraction of sp³-hybridized carbons (Fsp3) is 0.300. The molecule has 27 heavy (non-hydrogen) atoms. The van der Waals surface area contributed by atoms with Gasteiger partial charge in [0.1, 0.15) is 17.8 Å². The molecule has 0 unspecified atom stereocenters. The smallest absolute Gasteiger partial charge is 0.275 e. The van der Waals surface area contributed by atoms with Gasteiger partial charge >= 0.3 is 0 Å². The maximum absolute atomic E-state index is 12.5. The van der Waals surface area contributed by atoms with Crippen molar-refractivity contribution in [1.29, 1.82) is 0 Å². The molecule has 0 atom stereocenters. The summed E-state index contributed by atoms with van der Waals surface area (Å²) in [7, 11) is 3.27. The number of aryl methyl sites for hydroxylation is 2. The molecule has 0 N–H and O–H groups in total. The normalized spacial score (nSPS) is 10.7. The Bertz CT molecular complexity index is 928. The molecule has 0 radical (unpaired) electrons. The van der Waals surface area contributed by atoms with Gasteiger partial charge in [-0.15, -0.1) is 0 Å². The minimum absolute atomic E-state index is 0.0911. The van der Waals surface area contributed by atoms with Crippen LogP contribution in [-0.2, 0) is 13.2 Å². The Hall–Kier alpha value is -3.22. The van der Waals surface area contributed by atoms with Crippen molar-refractivity contribution in [3.8, 4) is 11.5 Å². The third-order valence-electron chi connectivity index (χ3n) is 3.98. The highest BCUT2D eigenvalue weighted by molar-refractivity contribution is 5.91. The number of ether oxygens (including phenoxy) is 2. The van der Waals surface area contributed by atoms with E-state index in [1.165, 1.54) is 11.2 Å². The number of amides is 1. The van der Waals surface area contributed by atoms with Crippen molar-refractivity contribution in [3.63, 3.8) is 0 Å². The van der Waals surface area contributed by atoms with Crippen LogP contribution in [0.5, 0.6) is 11.5 Å². The molecular formula is C20H22N2O5. The standard InChI is InChI=1S/C20H22N2O5/c1-13-5-8-17(18(9-13)24-4)25-12-19-21-16(11-26-19)20(23)22(3)10-15-7-6-14(2)27-15/h5-9,11H,10,12H2,1-4H3. The lowest BCUT2D eigenvalue weighted by atomic mass is 10.2. The third-order valence-corrected chi connectivity index (χ3v) is 3.98. The Kier molecular flexibility index (Phi) is 5.49. The zero-order chi connectivity index (χ0) is 19.4. The van der Waals surface area contributed by atoms with E-state index in [-0.39, 0.29) is 18.2 Å². The van der Waals surface area contributed by atoms with Crippen LogP contribution in [0.2, 0.25) is 0 Å². The number of nitrogens with zero attached hydrogens (tertiary/aromatic N) is 2. The summed E-state index contributed by atoms with van der Waals surface area (Å²) in [5.41, 5.74) is 1.29. The maximum Gasteiger partial charge on any atom is 0.275 e. The molecule has 142 valence electrons. The summed E-state index contributed by atoms with van der Waals surface area (Å²) in [5, 5.41) is 0. The van der Waals surface area contributed by atoms with Crippen molar-refractivity contribution in [1.82, 2.24) is 9.88 Å². The highest BCUT2D eigenvalue weighted by Gasteiger charge is 2.18. The molecule has 0 aliphatic rings. The van der Waals surface area contributed by atoms with Gasteiger partial charge in [-0.25, -0.2) is 4.98 Å². The molecule has 0 saturated carbocycles. The number of aromatic nitrogens is 1. The Morgan fingerprint density at radius 1 is 1.19 bits per heavy atom. The van der Waals surface area contributed by atoms with E-state index in [1.54, 1.807) is 14.2 Å². The van der Waals surface area contributed by atoms with Gasteiger partial charge in [-0.2, -0.15) is 0 Å². The molecule has 0 bridgehead atoms. The number of carbonyl (C=O) groups excluding carboxylic acids is 1. The first-order valence-corrected chi connectivity index (χ1v) is 8.49. The van der Waals surface area contributed by atoms with E-state index in [2.05, 4.69) is 4.98 Å². The maximum atomic E-state index is 12.5. The Labute approximate surface area is 157 Å². The first-order valence-electron chi connectivity index (χ1n) is 8.49. The van der Waals surface area contributed by atoms with Gasteiger partial charge in [-0.3, -0.25) is 4.79 Å². The Morgan fingerprint density at radius 3 is 2.70 bits per heavy atom. The zero-order valence-corrected chi connectivity index (χ0v) is 15.8. The number of oxazole rings is 1. The lowest BCUT2D eigenvalue weighted by molar-refractivity contribution is 0.0769. The summed E-state index contributed by atoms with van der Waals surface area (Å²) in [4.78, 5) is 18.2. The fourth-order valence-corrected chi connectivity index (χ4v) is 2.58. The molecule has 7 nitrogen and oxygen atoms in total. The average Bonchev–Trinajstić information content (AvgIpc) is 3.28. The van der Waals surface area contributed by atoms with Crippen molar-refractivity contribution < 1.29 is 23.1 Å². The summed E-state index contributed by atoms with van der Waals surface area (Å²) in [6.07, 6.45) is 1.33. The molecule has 0 aliphatic carbocycles. The quantitative estimate of drug-likeness (QED) is 0.630.